The first-order valence-corrected chi connectivity index (χ1v) is 9.40. The maximum Gasteiger partial charge on any atom is 0.273 e. The van der Waals surface area contributed by atoms with Crippen LogP contribution in [0.15, 0.2) is 18.6 Å². The fourth-order valence-corrected chi connectivity index (χ4v) is 3.43. The molecular formula is C19H28N4O2. The first-order valence-electron chi connectivity index (χ1n) is 9.40. The fourth-order valence-electron chi connectivity index (χ4n) is 3.43. The molecule has 3 rings (SSSR count). The van der Waals surface area contributed by atoms with E-state index >= 15 is 0 Å². The van der Waals surface area contributed by atoms with Crippen LogP contribution in [-0.2, 0) is 4.74 Å². The SMILES string of the molecule is CCCCCO[C@H]1CC[C@H](NC(=O)c2nccn3cc(C)nc23)CC1. The van der Waals surface area contributed by atoms with Gasteiger partial charge in [0.1, 0.15) is 0 Å². The number of fused-ring (bicyclic) bond motifs is 1. The minimum Gasteiger partial charge on any atom is -0.378 e. The second kappa shape index (κ2) is 8.43. The summed E-state index contributed by atoms with van der Waals surface area (Å²) in [6.07, 6.45) is 13.2. The van der Waals surface area contributed by atoms with Gasteiger partial charge in [0.2, 0.25) is 0 Å². The summed E-state index contributed by atoms with van der Waals surface area (Å²) in [5, 5.41) is 3.12. The van der Waals surface area contributed by atoms with Crippen molar-refractivity contribution in [1.82, 2.24) is 19.7 Å². The molecule has 2 aromatic rings. The van der Waals surface area contributed by atoms with Gasteiger partial charge in [0.25, 0.3) is 5.91 Å². The average Bonchev–Trinajstić information content (AvgIpc) is 3.00. The molecule has 6 nitrogen and oxygen atoms in total. The molecule has 1 aliphatic rings. The minimum atomic E-state index is -0.136. The zero-order valence-electron chi connectivity index (χ0n) is 15.2. The number of imidazole rings is 1. The van der Waals surface area contributed by atoms with Crippen LogP contribution >= 0.6 is 0 Å². The molecule has 0 radical (unpaired) electrons. The first-order chi connectivity index (χ1) is 12.2. The third-order valence-corrected chi connectivity index (χ3v) is 4.82. The van der Waals surface area contributed by atoms with Gasteiger partial charge in [0.15, 0.2) is 11.3 Å². The molecule has 1 aliphatic carbocycles. The van der Waals surface area contributed by atoms with Gasteiger partial charge in [-0.15, -0.1) is 0 Å². The number of hydrogen-bond acceptors (Lipinski definition) is 4. The molecule has 2 aromatic heterocycles. The van der Waals surface area contributed by atoms with E-state index in [0.29, 0.717) is 17.4 Å². The van der Waals surface area contributed by atoms with Gasteiger partial charge in [-0.3, -0.25) is 4.79 Å². The van der Waals surface area contributed by atoms with E-state index in [1.165, 1.54) is 12.8 Å². The zero-order valence-corrected chi connectivity index (χ0v) is 15.2. The number of carbonyl (C=O) groups excluding carboxylic acids is 1. The van der Waals surface area contributed by atoms with Crippen LogP contribution in [0.4, 0.5) is 0 Å². The largest absolute Gasteiger partial charge is 0.378 e. The number of ether oxygens (including phenoxy) is 1. The Labute approximate surface area is 149 Å². The molecule has 6 heteroatoms. The van der Waals surface area contributed by atoms with E-state index in [4.69, 9.17) is 4.74 Å². The third kappa shape index (κ3) is 4.57. The number of nitrogens with one attached hydrogen (secondary N) is 1. The van der Waals surface area contributed by atoms with Gasteiger partial charge in [-0.2, -0.15) is 0 Å². The molecule has 0 saturated heterocycles. The minimum absolute atomic E-state index is 0.136. The Balaban J connectivity index is 1.51. The van der Waals surface area contributed by atoms with Crippen LogP contribution in [0.5, 0.6) is 0 Å². The maximum absolute atomic E-state index is 12.6. The normalized spacial score (nSPS) is 20.7. The monoisotopic (exact) mass is 344 g/mol. The van der Waals surface area contributed by atoms with Crippen LogP contribution in [0.2, 0.25) is 0 Å². The average molecular weight is 344 g/mol. The highest BCUT2D eigenvalue weighted by atomic mass is 16.5. The van der Waals surface area contributed by atoms with E-state index in [0.717, 1.165) is 44.4 Å². The van der Waals surface area contributed by atoms with Crippen LogP contribution < -0.4 is 5.32 Å². The lowest BCUT2D eigenvalue weighted by molar-refractivity contribution is 0.0204. The first kappa shape index (κ1) is 17.9. The lowest BCUT2D eigenvalue weighted by Gasteiger charge is -2.29. The number of amides is 1. The summed E-state index contributed by atoms with van der Waals surface area (Å²) >= 11 is 0. The predicted octanol–water partition coefficient (Wildman–Crippen LogP) is 3.29. The van der Waals surface area contributed by atoms with E-state index in [1.807, 2.05) is 23.7 Å². The number of aryl methyl sites for hydroxylation is 1. The Morgan fingerprint density at radius 3 is 2.88 bits per heavy atom. The Morgan fingerprint density at radius 1 is 1.32 bits per heavy atom. The van der Waals surface area contributed by atoms with Gasteiger partial charge in [0, 0.05) is 31.2 Å². The molecule has 0 atom stereocenters. The number of carbonyl (C=O) groups is 1. The molecule has 0 aromatic carbocycles. The van der Waals surface area contributed by atoms with Crippen molar-refractivity contribution < 1.29 is 9.53 Å². The molecule has 1 amide bonds. The summed E-state index contributed by atoms with van der Waals surface area (Å²) in [5.41, 5.74) is 1.89. The molecule has 0 aliphatic heterocycles. The van der Waals surface area contributed by atoms with Crippen molar-refractivity contribution >= 4 is 11.6 Å². The number of aromatic nitrogens is 3. The number of hydrogen-bond donors (Lipinski definition) is 1. The molecule has 1 fully saturated rings. The van der Waals surface area contributed by atoms with Gasteiger partial charge in [-0.25, -0.2) is 9.97 Å². The third-order valence-electron chi connectivity index (χ3n) is 4.82. The molecular weight excluding hydrogens is 316 g/mol. The summed E-state index contributed by atoms with van der Waals surface area (Å²) in [6.45, 7) is 4.98. The van der Waals surface area contributed by atoms with Crippen molar-refractivity contribution in [3.63, 3.8) is 0 Å². The van der Waals surface area contributed by atoms with Crippen molar-refractivity contribution in [2.24, 2.45) is 0 Å². The summed E-state index contributed by atoms with van der Waals surface area (Å²) in [7, 11) is 0. The molecule has 1 saturated carbocycles. The van der Waals surface area contributed by atoms with E-state index in [1.54, 1.807) is 6.20 Å². The summed E-state index contributed by atoms with van der Waals surface area (Å²) in [6, 6.07) is 0.195. The van der Waals surface area contributed by atoms with Gasteiger partial charge in [-0.1, -0.05) is 19.8 Å². The second-order valence-electron chi connectivity index (χ2n) is 6.91. The van der Waals surface area contributed by atoms with E-state index < -0.39 is 0 Å². The van der Waals surface area contributed by atoms with Crippen molar-refractivity contribution in [1.29, 1.82) is 0 Å². The highest BCUT2D eigenvalue weighted by Crippen LogP contribution is 2.22. The molecule has 0 bridgehead atoms. The topological polar surface area (TPSA) is 68.5 Å². The summed E-state index contributed by atoms with van der Waals surface area (Å²) in [4.78, 5) is 21.2. The van der Waals surface area contributed by atoms with Crippen LogP contribution in [-0.4, -0.2) is 39.0 Å². The van der Waals surface area contributed by atoms with Crippen LogP contribution in [0.25, 0.3) is 5.65 Å². The Kier molecular flexibility index (Phi) is 6.02. The van der Waals surface area contributed by atoms with Crippen molar-refractivity contribution in [2.75, 3.05) is 6.61 Å². The van der Waals surface area contributed by atoms with Gasteiger partial charge >= 0.3 is 0 Å². The van der Waals surface area contributed by atoms with Crippen molar-refractivity contribution in [3.8, 4) is 0 Å². The lowest BCUT2D eigenvalue weighted by atomic mass is 9.93. The lowest BCUT2D eigenvalue weighted by Crippen LogP contribution is -2.39. The van der Waals surface area contributed by atoms with Gasteiger partial charge < -0.3 is 14.5 Å². The fraction of sp³-hybridized carbons (Fsp3) is 0.632. The van der Waals surface area contributed by atoms with Crippen LogP contribution in [0.3, 0.4) is 0 Å². The van der Waals surface area contributed by atoms with E-state index in [-0.39, 0.29) is 11.9 Å². The number of unbranched alkanes of at least 4 members (excludes halogenated alkanes) is 2. The number of nitrogens with zero attached hydrogens (tertiary/aromatic N) is 3. The summed E-state index contributed by atoms with van der Waals surface area (Å²) in [5.74, 6) is -0.136. The summed E-state index contributed by atoms with van der Waals surface area (Å²) < 4.78 is 7.79. The highest BCUT2D eigenvalue weighted by molar-refractivity contribution is 5.97. The van der Waals surface area contributed by atoms with E-state index in [2.05, 4.69) is 22.2 Å². The zero-order chi connectivity index (χ0) is 17.6. The molecule has 136 valence electrons. The Hall–Kier alpha value is -1.95. The predicted molar refractivity (Wildman–Crippen MR) is 96.7 cm³/mol. The molecule has 2 heterocycles. The smallest absolute Gasteiger partial charge is 0.273 e. The molecule has 1 N–H and O–H groups in total. The Morgan fingerprint density at radius 2 is 2.12 bits per heavy atom. The van der Waals surface area contributed by atoms with Crippen LogP contribution in [0, 0.1) is 6.92 Å². The molecule has 0 spiro atoms. The maximum atomic E-state index is 12.6. The van der Waals surface area contributed by atoms with Crippen molar-refractivity contribution in [3.05, 3.63) is 30.0 Å². The highest BCUT2D eigenvalue weighted by Gasteiger charge is 2.24. The van der Waals surface area contributed by atoms with Crippen molar-refractivity contribution in [2.45, 2.75) is 70.9 Å². The molecule has 0 unspecified atom stereocenters. The Bertz CT molecular complexity index is 705. The van der Waals surface area contributed by atoms with Crippen LogP contribution in [0.1, 0.15) is 68.1 Å². The quantitative estimate of drug-likeness (QED) is 0.783. The van der Waals surface area contributed by atoms with E-state index in [9.17, 15) is 4.79 Å². The number of rotatable bonds is 7. The van der Waals surface area contributed by atoms with Gasteiger partial charge in [0.05, 0.1) is 11.8 Å². The standard InChI is InChI=1S/C19H28N4O2/c1-3-4-5-12-25-16-8-6-15(7-9-16)22-19(24)17-18-21-14(2)13-23(18)11-10-20-17/h10-11,13,15-16H,3-9,12H2,1-2H3,(H,22,24)/t15-,16-. The second-order valence-corrected chi connectivity index (χ2v) is 6.91. The van der Waals surface area contributed by atoms with Gasteiger partial charge in [-0.05, 0) is 39.0 Å². The molecule has 25 heavy (non-hydrogen) atoms.